The lowest BCUT2D eigenvalue weighted by Crippen LogP contribution is -2.14. The van der Waals surface area contributed by atoms with Gasteiger partial charge in [-0.05, 0) is 55.3 Å². The molecule has 132 valence electrons. The fraction of sp³-hybridized carbons (Fsp3) is 0.100. The van der Waals surface area contributed by atoms with Gasteiger partial charge in [0.15, 0.2) is 0 Å². The van der Waals surface area contributed by atoms with Crippen molar-refractivity contribution in [3.8, 4) is 0 Å². The Labute approximate surface area is 149 Å². The monoisotopic (exact) mass is 353 g/mol. The molecule has 0 spiro atoms. The third-order valence-electron chi connectivity index (χ3n) is 3.85. The zero-order valence-corrected chi connectivity index (χ0v) is 14.3. The third-order valence-corrected chi connectivity index (χ3v) is 3.85. The van der Waals surface area contributed by atoms with Crippen LogP contribution in [-0.2, 0) is 0 Å². The van der Waals surface area contributed by atoms with Crippen molar-refractivity contribution < 1.29 is 13.6 Å². The molecule has 4 nitrogen and oxygen atoms in total. The van der Waals surface area contributed by atoms with Crippen LogP contribution in [0.4, 0.5) is 25.8 Å². The summed E-state index contributed by atoms with van der Waals surface area (Å²) in [5.74, 6) is -1.69. The number of aromatic nitrogens is 1. The molecule has 2 aromatic carbocycles. The van der Waals surface area contributed by atoms with Gasteiger partial charge in [0, 0.05) is 11.8 Å². The van der Waals surface area contributed by atoms with Gasteiger partial charge in [-0.2, -0.15) is 0 Å². The number of pyridine rings is 1. The molecule has 0 saturated carbocycles. The van der Waals surface area contributed by atoms with Crippen molar-refractivity contribution in [2.24, 2.45) is 0 Å². The maximum Gasteiger partial charge on any atom is 0.274 e. The van der Waals surface area contributed by atoms with Crippen LogP contribution in [0, 0.1) is 25.5 Å². The van der Waals surface area contributed by atoms with Gasteiger partial charge in [0.05, 0.1) is 17.6 Å². The summed E-state index contributed by atoms with van der Waals surface area (Å²) in [6.45, 7) is 3.86. The van der Waals surface area contributed by atoms with Gasteiger partial charge in [-0.15, -0.1) is 0 Å². The number of nitrogens with zero attached hydrogens (tertiary/aromatic N) is 1. The summed E-state index contributed by atoms with van der Waals surface area (Å²) >= 11 is 0. The van der Waals surface area contributed by atoms with Gasteiger partial charge < -0.3 is 10.6 Å². The molecular weight excluding hydrogens is 336 g/mol. The first-order valence-electron chi connectivity index (χ1n) is 7.99. The summed E-state index contributed by atoms with van der Waals surface area (Å²) < 4.78 is 26.6. The summed E-state index contributed by atoms with van der Waals surface area (Å²) in [6, 6.07) is 12.2. The summed E-state index contributed by atoms with van der Waals surface area (Å²) in [6.07, 6.45) is 1.42. The minimum absolute atomic E-state index is 0.126. The van der Waals surface area contributed by atoms with E-state index >= 15 is 0 Å². The van der Waals surface area contributed by atoms with Crippen molar-refractivity contribution in [3.63, 3.8) is 0 Å². The molecule has 0 bridgehead atoms. The second kappa shape index (κ2) is 7.31. The zero-order valence-electron chi connectivity index (χ0n) is 14.3. The molecule has 0 radical (unpaired) electrons. The predicted molar refractivity (Wildman–Crippen MR) is 97.7 cm³/mol. The average Bonchev–Trinajstić information content (AvgIpc) is 2.61. The van der Waals surface area contributed by atoms with E-state index in [0.29, 0.717) is 5.69 Å². The second-order valence-corrected chi connectivity index (χ2v) is 5.95. The first kappa shape index (κ1) is 17.5. The van der Waals surface area contributed by atoms with Crippen molar-refractivity contribution >= 4 is 23.0 Å². The van der Waals surface area contributed by atoms with Crippen LogP contribution in [0.2, 0.25) is 0 Å². The van der Waals surface area contributed by atoms with Gasteiger partial charge in [0.2, 0.25) is 0 Å². The molecule has 0 fully saturated rings. The molecule has 0 aliphatic heterocycles. The third kappa shape index (κ3) is 4.03. The Morgan fingerprint density at radius 1 is 0.962 bits per heavy atom. The number of hydrogen-bond acceptors (Lipinski definition) is 3. The number of aryl methyl sites for hydroxylation is 2. The molecule has 0 saturated heterocycles. The number of amides is 1. The van der Waals surface area contributed by atoms with Crippen LogP contribution >= 0.6 is 0 Å². The van der Waals surface area contributed by atoms with Gasteiger partial charge >= 0.3 is 0 Å². The Morgan fingerprint density at radius 3 is 2.46 bits per heavy atom. The average molecular weight is 353 g/mol. The summed E-state index contributed by atoms with van der Waals surface area (Å²) in [5, 5.41) is 5.62. The van der Waals surface area contributed by atoms with Crippen molar-refractivity contribution in [2.75, 3.05) is 10.6 Å². The maximum absolute atomic E-state index is 13.7. The highest BCUT2D eigenvalue weighted by molar-refractivity contribution is 6.03. The van der Waals surface area contributed by atoms with Gasteiger partial charge in [0.1, 0.15) is 17.3 Å². The Hall–Kier alpha value is -3.28. The van der Waals surface area contributed by atoms with Crippen LogP contribution in [0.15, 0.2) is 54.7 Å². The van der Waals surface area contributed by atoms with Crippen LogP contribution in [0.25, 0.3) is 0 Å². The molecule has 1 amide bonds. The molecule has 26 heavy (non-hydrogen) atoms. The first-order valence-corrected chi connectivity index (χ1v) is 7.99. The first-order chi connectivity index (χ1) is 12.4. The fourth-order valence-electron chi connectivity index (χ4n) is 2.41. The zero-order chi connectivity index (χ0) is 18.7. The lowest BCUT2D eigenvalue weighted by molar-refractivity contribution is 0.102. The number of nitrogens with one attached hydrogen (secondary N) is 2. The summed E-state index contributed by atoms with van der Waals surface area (Å²) in [4.78, 5) is 16.4. The van der Waals surface area contributed by atoms with Crippen molar-refractivity contribution in [1.82, 2.24) is 4.98 Å². The standard InChI is InChI=1S/C20H17F2N3O/c1-12-3-4-13(2)19(9-12)25-20(26)18-8-6-15(11-23-18)24-17-7-5-14(21)10-16(17)22/h3-11,24H,1-2H3,(H,25,26). The number of carbonyl (C=O) groups excluding carboxylic acids is 1. The molecule has 0 unspecified atom stereocenters. The number of benzene rings is 2. The minimum atomic E-state index is -0.707. The quantitative estimate of drug-likeness (QED) is 0.696. The second-order valence-electron chi connectivity index (χ2n) is 5.95. The van der Waals surface area contributed by atoms with Gasteiger partial charge in [0.25, 0.3) is 5.91 Å². The van der Waals surface area contributed by atoms with E-state index in [9.17, 15) is 13.6 Å². The molecule has 0 aliphatic rings. The molecule has 3 aromatic rings. The number of halogens is 2. The van der Waals surface area contributed by atoms with Crippen LogP contribution in [-0.4, -0.2) is 10.9 Å². The molecule has 0 aliphatic carbocycles. The van der Waals surface area contributed by atoms with E-state index in [1.807, 2.05) is 32.0 Å². The number of rotatable bonds is 4. The van der Waals surface area contributed by atoms with E-state index < -0.39 is 11.6 Å². The lowest BCUT2D eigenvalue weighted by atomic mass is 10.1. The van der Waals surface area contributed by atoms with E-state index in [0.717, 1.165) is 28.9 Å². The molecule has 3 rings (SSSR count). The van der Waals surface area contributed by atoms with Crippen LogP contribution in [0.5, 0.6) is 0 Å². The van der Waals surface area contributed by atoms with Crippen molar-refractivity contribution in [3.05, 3.63) is 83.2 Å². The Morgan fingerprint density at radius 2 is 1.77 bits per heavy atom. The molecule has 1 heterocycles. The lowest BCUT2D eigenvalue weighted by Gasteiger charge is -2.10. The summed E-state index contributed by atoms with van der Waals surface area (Å²) in [7, 11) is 0. The van der Waals surface area contributed by atoms with E-state index in [1.54, 1.807) is 6.07 Å². The Balaban J connectivity index is 1.72. The highest BCUT2D eigenvalue weighted by atomic mass is 19.1. The largest absolute Gasteiger partial charge is 0.352 e. The normalized spacial score (nSPS) is 10.5. The van der Waals surface area contributed by atoms with E-state index in [2.05, 4.69) is 15.6 Å². The Kier molecular flexibility index (Phi) is 4.93. The fourth-order valence-corrected chi connectivity index (χ4v) is 2.41. The summed E-state index contributed by atoms with van der Waals surface area (Å²) in [5.41, 5.74) is 3.57. The molecule has 1 aromatic heterocycles. The smallest absolute Gasteiger partial charge is 0.274 e. The van der Waals surface area contributed by atoms with Gasteiger partial charge in [-0.1, -0.05) is 12.1 Å². The highest BCUT2D eigenvalue weighted by Crippen LogP contribution is 2.21. The SMILES string of the molecule is Cc1ccc(C)c(NC(=O)c2ccc(Nc3ccc(F)cc3F)cn2)c1. The number of carbonyl (C=O) groups is 1. The van der Waals surface area contributed by atoms with Crippen molar-refractivity contribution in [2.45, 2.75) is 13.8 Å². The van der Waals surface area contributed by atoms with Crippen LogP contribution in [0.1, 0.15) is 21.6 Å². The van der Waals surface area contributed by atoms with Crippen LogP contribution < -0.4 is 10.6 Å². The minimum Gasteiger partial charge on any atom is -0.352 e. The van der Waals surface area contributed by atoms with Crippen LogP contribution in [0.3, 0.4) is 0 Å². The molecule has 2 N–H and O–H groups in total. The Bertz CT molecular complexity index is 956. The van der Waals surface area contributed by atoms with E-state index in [-0.39, 0.29) is 17.3 Å². The topological polar surface area (TPSA) is 54.0 Å². The number of hydrogen-bond donors (Lipinski definition) is 2. The van der Waals surface area contributed by atoms with Gasteiger partial charge in [-0.25, -0.2) is 13.8 Å². The van der Waals surface area contributed by atoms with Crippen molar-refractivity contribution in [1.29, 1.82) is 0 Å². The molecule has 0 atom stereocenters. The number of anilines is 3. The van der Waals surface area contributed by atoms with E-state index in [4.69, 9.17) is 0 Å². The predicted octanol–water partition coefficient (Wildman–Crippen LogP) is 4.97. The molecular formula is C20H17F2N3O. The highest BCUT2D eigenvalue weighted by Gasteiger charge is 2.10. The maximum atomic E-state index is 13.7. The molecule has 6 heteroatoms. The van der Waals surface area contributed by atoms with Gasteiger partial charge in [-0.3, -0.25) is 4.79 Å². The van der Waals surface area contributed by atoms with E-state index in [1.165, 1.54) is 18.3 Å².